The van der Waals surface area contributed by atoms with Gasteiger partial charge in [0.05, 0.1) is 5.69 Å². The van der Waals surface area contributed by atoms with Gasteiger partial charge in [-0.05, 0) is 38.1 Å². The lowest BCUT2D eigenvalue weighted by Crippen LogP contribution is -1.93. The van der Waals surface area contributed by atoms with Crippen LogP contribution in [0.5, 0.6) is 0 Å². The Bertz CT molecular complexity index is 445. The lowest BCUT2D eigenvalue weighted by molar-refractivity contribution is 1.31. The minimum atomic E-state index is 0.446. The molecule has 0 radical (unpaired) electrons. The second-order valence-corrected chi connectivity index (χ2v) is 4.41. The molecule has 0 spiro atoms. The number of aromatic nitrogens is 1. The molecular formula is C13H13ClN2. The van der Waals surface area contributed by atoms with Gasteiger partial charge in [0.2, 0.25) is 0 Å². The highest BCUT2D eigenvalue weighted by Crippen LogP contribution is 2.24. The molecule has 0 aliphatic rings. The van der Waals surface area contributed by atoms with Crippen LogP contribution in [0.4, 0.5) is 5.82 Å². The third kappa shape index (κ3) is 2.34. The number of hydrogen-bond acceptors (Lipinski definition) is 2. The van der Waals surface area contributed by atoms with Gasteiger partial charge in [-0.25, -0.2) is 4.98 Å². The van der Waals surface area contributed by atoms with Crippen LogP contribution in [0.3, 0.4) is 0 Å². The van der Waals surface area contributed by atoms with Crippen molar-refractivity contribution in [2.75, 3.05) is 5.73 Å². The highest BCUT2D eigenvalue weighted by atomic mass is 35.5. The Labute approximate surface area is 100 Å². The molecule has 0 aliphatic heterocycles. The first-order valence-electron chi connectivity index (χ1n) is 5.06. The average molecular weight is 233 g/mol. The number of benzene rings is 1. The Morgan fingerprint density at radius 3 is 2.19 bits per heavy atom. The molecule has 0 saturated heterocycles. The minimum Gasteiger partial charge on any atom is -0.384 e. The van der Waals surface area contributed by atoms with Crippen molar-refractivity contribution in [3.63, 3.8) is 0 Å². The van der Waals surface area contributed by atoms with Gasteiger partial charge in [-0.1, -0.05) is 28.8 Å². The van der Waals surface area contributed by atoms with Crippen LogP contribution in [0.1, 0.15) is 11.1 Å². The van der Waals surface area contributed by atoms with Gasteiger partial charge in [-0.3, -0.25) is 0 Å². The van der Waals surface area contributed by atoms with E-state index < -0.39 is 0 Å². The first-order chi connectivity index (χ1) is 7.54. The fourth-order valence-electron chi connectivity index (χ4n) is 1.79. The van der Waals surface area contributed by atoms with E-state index in [2.05, 4.69) is 37.0 Å². The van der Waals surface area contributed by atoms with Crippen molar-refractivity contribution >= 4 is 17.4 Å². The van der Waals surface area contributed by atoms with Crippen LogP contribution in [0.15, 0.2) is 30.3 Å². The summed E-state index contributed by atoms with van der Waals surface area (Å²) in [5, 5.41) is 0.613. The number of halogens is 1. The van der Waals surface area contributed by atoms with Crippen molar-refractivity contribution in [1.82, 2.24) is 4.98 Å². The van der Waals surface area contributed by atoms with E-state index in [0.717, 1.165) is 11.3 Å². The topological polar surface area (TPSA) is 38.9 Å². The van der Waals surface area contributed by atoms with Gasteiger partial charge in [-0.15, -0.1) is 0 Å². The van der Waals surface area contributed by atoms with Gasteiger partial charge in [0.25, 0.3) is 0 Å². The minimum absolute atomic E-state index is 0.446. The zero-order valence-electron chi connectivity index (χ0n) is 9.29. The molecule has 1 heterocycles. The number of nitrogen functional groups attached to an aromatic ring is 1. The molecule has 1 aromatic carbocycles. The van der Waals surface area contributed by atoms with E-state index in [9.17, 15) is 0 Å². The number of rotatable bonds is 1. The Morgan fingerprint density at radius 2 is 1.62 bits per heavy atom. The van der Waals surface area contributed by atoms with Gasteiger partial charge >= 0.3 is 0 Å². The van der Waals surface area contributed by atoms with Crippen LogP contribution < -0.4 is 5.73 Å². The third-order valence-electron chi connectivity index (χ3n) is 2.33. The molecule has 2 rings (SSSR count). The molecule has 0 amide bonds. The molecule has 16 heavy (non-hydrogen) atoms. The van der Waals surface area contributed by atoms with Crippen molar-refractivity contribution in [3.8, 4) is 11.3 Å². The van der Waals surface area contributed by atoms with Crippen molar-refractivity contribution in [2.24, 2.45) is 0 Å². The molecule has 0 aliphatic carbocycles. The predicted octanol–water partition coefficient (Wildman–Crippen LogP) is 3.60. The summed E-state index contributed by atoms with van der Waals surface area (Å²) in [5.41, 5.74) is 9.95. The first-order valence-corrected chi connectivity index (χ1v) is 5.44. The maximum atomic E-state index is 5.96. The summed E-state index contributed by atoms with van der Waals surface area (Å²) in [6, 6.07) is 9.74. The first kappa shape index (κ1) is 11.0. The second kappa shape index (κ2) is 4.14. The second-order valence-electron chi connectivity index (χ2n) is 3.97. The van der Waals surface area contributed by atoms with Crippen LogP contribution in [0.2, 0.25) is 5.02 Å². The lowest BCUT2D eigenvalue weighted by Gasteiger charge is -2.06. The van der Waals surface area contributed by atoms with E-state index in [1.165, 1.54) is 11.1 Å². The van der Waals surface area contributed by atoms with E-state index in [4.69, 9.17) is 17.3 Å². The Morgan fingerprint density at radius 1 is 1.00 bits per heavy atom. The molecular weight excluding hydrogens is 220 g/mol. The number of nitrogens with zero attached hydrogens (tertiary/aromatic N) is 1. The number of hydrogen-bond donors (Lipinski definition) is 1. The lowest BCUT2D eigenvalue weighted by atomic mass is 10.0. The van der Waals surface area contributed by atoms with Crippen molar-refractivity contribution in [3.05, 3.63) is 46.5 Å². The maximum absolute atomic E-state index is 5.96. The van der Waals surface area contributed by atoms with E-state index in [1.807, 2.05) is 6.07 Å². The van der Waals surface area contributed by atoms with Crippen LogP contribution in [-0.2, 0) is 0 Å². The highest BCUT2D eigenvalue weighted by molar-refractivity contribution is 6.31. The largest absolute Gasteiger partial charge is 0.384 e. The van der Waals surface area contributed by atoms with Crippen molar-refractivity contribution in [1.29, 1.82) is 0 Å². The molecule has 0 bridgehead atoms. The van der Waals surface area contributed by atoms with E-state index in [-0.39, 0.29) is 0 Å². The number of aryl methyl sites for hydroxylation is 2. The molecule has 82 valence electrons. The predicted molar refractivity (Wildman–Crippen MR) is 68.6 cm³/mol. The van der Waals surface area contributed by atoms with Gasteiger partial charge in [-0.2, -0.15) is 0 Å². The normalized spacial score (nSPS) is 10.4. The molecule has 3 heteroatoms. The molecule has 0 saturated carbocycles. The molecule has 0 unspecified atom stereocenters. The molecule has 2 nitrogen and oxygen atoms in total. The van der Waals surface area contributed by atoms with Crippen LogP contribution in [0, 0.1) is 13.8 Å². The molecule has 0 atom stereocenters. The van der Waals surface area contributed by atoms with Gasteiger partial charge in [0.15, 0.2) is 0 Å². The van der Waals surface area contributed by atoms with E-state index >= 15 is 0 Å². The highest BCUT2D eigenvalue weighted by Gasteiger charge is 2.03. The number of nitrogens with two attached hydrogens (primary N) is 1. The Kier molecular flexibility index (Phi) is 2.84. The molecule has 2 aromatic rings. The number of anilines is 1. The van der Waals surface area contributed by atoms with Crippen molar-refractivity contribution < 1.29 is 0 Å². The van der Waals surface area contributed by atoms with Gasteiger partial charge in [0, 0.05) is 10.6 Å². The van der Waals surface area contributed by atoms with Crippen LogP contribution in [0.25, 0.3) is 11.3 Å². The fourth-order valence-corrected chi connectivity index (χ4v) is 2.00. The van der Waals surface area contributed by atoms with Crippen LogP contribution in [-0.4, -0.2) is 4.98 Å². The summed E-state index contributed by atoms with van der Waals surface area (Å²) >= 11 is 5.96. The molecule has 0 fully saturated rings. The third-order valence-corrected chi connectivity index (χ3v) is 2.55. The average Bonchev–Trinajstić information content (AvgIpc) is 2.14. The van der Waals surface area contributed by atoms with Crippen LogP contribution >= 0.6 is 11.6 Å². The summed E-state index contributed by atoms with van der Waals surface area (Å²) in [6.07, 6.45) is 0. The Balaban J connectivity index is 2.57. The van der Waals surface area contributed by atoms with Crippen molar-refractivity contribution in [2.45, 2.75) is 13.8 Å². The SMILES string of the molecule is Cc1cc(C)cc(-c2cc(Cl)cc(N)n2)c1. The molecule has 2 N–H and O–H groups in total. The smallest absolute Gasteiger partial charge is 0.125 e. The van der Waals surface area contributed by atoms with E-state index in [0.29, 0.717) is 10.8 Å². The van der Waals surface area contributed by atoms with Gasteiger partial charge in [0.1, 0.15) is 5.82 Å². The zero-order valence-corrected chi connectivity index (χ0v) is 10.0. The summed E-state index contributed by atoms with van der Waals surface area (Å²) in [6.45, 7) is 4.12. The van der Waals surface area contributed by atoms with Gasteiger partial charge < -0.3 is 5.73 Å². The molecule has 1 aromatic heterocycles. The monoisotopic (exact) mass is 232 g/mol. The summed E-state index contributed by atoms with van der Waals surface area (Å²) in [5.74, 6) is 0.446. The van der Waals surface area contributed by atoms with E-state index in [1.54, 1.807) is 6.07 Å². The summed E-state index contributed by atoms with van der Waals surface area (Å²) < 4.78 is 0. The Hall–Kier alpha value is -1.54. The summed E-state index contributed by atoms with van der Waals surface area (Å²) in [7, 11) is 0. The number of pyridine rings is 1. The standard InChI is InChI=1S/C13H13ClN2/c1-8-3-9(2)5-10(4-8)12-6-11(14)7-13(15)16-12/h3-7H,1-2H3,(H2,15,16). The fraction of sp³-hybridized carbons (Fsp3) is 0.154. The zero-order chi connectivity index (χ0) is 11.7. The summed E-state index contributed by atoms with van der Waals surface area (Å²) in [4.78, 5) is 4.28. The maximum Gasteiger partial charge on any atom is 0.125 e. The quantitative estimate of drug-likeness (QED) is 0.816.